The second-order valence-corrected chi connectivity index (χ2v) is 9.12. The van der Waals surface area contributed by atoms with Crippen LogP contribution in [-0.2, 0) is 4.79 Å². The van der Waals surface area contributed by atoms with Crippen molar-refractivity contribution in [1.82, 2.24) is 5.32 Å². The molecule has 1 heterocycles. The summed E-state index contributed by atoms with van der Waals surface area (Å²) >= 11 is 0. The Morgan fingerprint density at radius 2 is 1.82 bits per heavy atom. The van der Waals surface area contributed by atoms with E-state index in [2.05, 4.69) is 53.8 Å². The van der Waals surface area contributed by atoms with Gasteiger partial charge in [-0.25, -0.2) is 0 Å². The lowest BCUT2D eigenvalue weighted by molar-refractivity contribution is -0.117. The molecule has 4 nitrogen and oxygen atoms in total. The number of fused-ring (bicyclic) bond motifs is 2. The Kier molecular flexibility index (Phi) is 6.39. The summed E-state index contributed by atoms with van der Waals surface area (Å²) in [6.45, 7) is 4.48. The van der Waals surface area contributed by atoms with E-state index in [0.29, 0.717) is 6.61 Å². The van der Waals surface area contributed by atoms with Crippen LogP contribution in [0.4, 0.5) is 0 Å². The van der Waals surface area contributed by atoms with Gasteiger partial charge in [0.05, 0.1) is 12.9 Å². The quantitative estimate of drug-likeness (QED) is 0.307. The molecule has 1 aromatic heterocycles. The van der Waals surface area contributed by atoms with Crippen LogP contribution in [0.5, 0.6) is 5.75 Å². The largest absolute Gasteiger partial charge is 0.493 e. The van der Waals surface area contributed by atoms with Gasteiger partial charge in [0.1, 0.15) is 11.3 Å². The van der Waals surface area contributed by atoms with Crippen LogP contribution in [0, 0.1) is 0 Å². The topological polar surface area (TPSA) is 51.5 Å². The summed E-state index contributed by atoms with van der Waals surface area (Å²) in [5, 5.41) is 6.57. The van der Waals surface area contributed by atoms with Gasteiger partial charge < -0.3 is 14.5 Å². The summed E-state index contributed by atoms with van der Waals surface area (Å²) in [5.74, 6) is 0.696. The van der Waals surface area contributed by atoms with Crippen molar-refractivity contribution >= 4 is 33.2 Å². The Labute approximate surface area is 200 Å². The van der Waals surface area contributed by atoms with Gasteiger partial charge in [-0.3, -0.25) is 4.79 Å². The van der Waals surface area contributed by atoms with Gasteiger partial charge in [0.25, 0.3) is 0 Å². The molecule has 0 spiro atoms. The van der Waals surface area contributed by atoms with Crippen molar-refractivity contribution in [2.24, 2.45) is 0 Å². The van der Waals surface area contributed by atoms with Crippen molar-refractivity contribution < 1.29 is 13.9 Å². The Hall–Kier alpha value is -3.53. The highest BCUT2D eigenvalue weighted by atomic mass is 16.5. The van der Waals surface area contributed by atoms with Gasteiger partial charge >= 0.3 is 0 Å². The summed E-state index contributed by atoms with van der Waals surface area (Å²) in [4.78, 5) is 12.8. The van der Waals surface area contributed by atoms with Crippen molar-refractivity contribution in [2.75, 3.05) is 6.61 Å². The second-order valence-electron chi connectivity index (χ2n) is 9.12. The molecule has 0 unspecified atom stereocenters. The van der Waals surface area contributed by atoms with Crippen molar-refractivity contribution in [1.29, 1.82) is 0 Å². The molecule has 1 aliphatic carbocycles. The summed E-state index contributed by atoms with van der Waals surface area (Å²) < 4.78 is 11.9. The highest BCUT2D eigenvalue weighted by Gasteiger charge is 2.18. The number of allylic oxidation sites excluding steroid dienone is 1. The molecular weight excluding hydrogens is 422 g/mol. The van der Waals surface area contributed by atoms with Gasteiger partial charge in [0.2, 0.25) is 5.91 Å². The summed E-state index contributed by atoms with van der Waals surface area (Å²) in [5.41, 5.74) is 4.73. The number of benzene rings is 3. The summed E-state index contributed by atoms with van der Waals surface area (Å²) in [6.07, 6.45) is 9.31. The monoisotopic (exact) mass is 453 g/mol. The summed E-state index contributed by atoms with van der Waals surface area (Å²) in [6, 6.07) is 19.0. The fourth-order valence-corrected chi connectivity index (χ4v) is 5.07. The predicted molar refractivity (Wildman–Crippen MR) is 139 cm³/mol. The highest BCUT2D eigenvalue weighted by Crippen LogP contribution is 2.39. The molecule has 34 heavy (non-hydrogen) atoms. The van der Waals surface area contributed by atoms with Crippen LogP contribution in [-0.4, -0.2) is 18.6 Å². The van der Waals surface area contributed by atoms with Gasteiger partial charge in [0.15, 0.2) is 0 Å². The Morgan fingerprint density at radius 1 is 1.03 bits per heavy atom. The van der Waals surface area contributed by atoms with Crippen LogP contribution in [0.3, 0.4) is 0 Å². The van der Waals surface area contributed by atoms with Crippen LogP contribution >= 0.6 is 0 Å². The molecule has 174 valence electrons. The second kappa shape index (κ2) is 9.76. The lowest BCUT2D eigenvalue weighted by Gasteiger charge is -2.22. The average molecular weight is 454 g/mol. The first kappa shape index (κ1) is 22.3. The van der Waals surface area contributed by atoms with E-state index in [1.165, 1.54) is 30.0 Å². The first-order valence-corrected chi connectivity index (χ1v) is 12.3. The molecule has 5 rings (SSSR count). The number of amides is 1. The standard InChI is InChI=1S/C30H31NO3/c1-3-33-28-18-29-26(17-25(28)20(2)16-30(32)31-22-12-5-4-6-13-22)27(19-34-29)24-15-9-11-21-10-7-8-14-23(21)24/h7-11,14-19,22H,3-6,12-13H2,1-2H3,(H,31,32)/b20-16+. The first-order chi connectivity index (χ1) is 16.6. The average Bonchev–Trinajstić information content (AvgIpc) is 3.26. The maximum atomic E-state index is 12.8. The number of nitrogens with one attached hydrogen (secondary N) is 1. The highest BCUT2D eigenvalue weighted by molar-refractivity contribution is 6.06. The number of furan rings is 1. The van der Waals surface area contributed by atoms with Crippen LogP contribution in [0.15, 0.2) is 71.4 Å². The molecule has 3 aromatic carbocycles. The maximum Gasteiger partial charge on any atom is 0.244 e. The molecule has 0 aliphatic heterocycles. The zero-order valence-corrected chi connectivity index (χ0v) is 19.9. The Balaban J connectivity index is 1.55. The molecule has 1 saturated carbocycles. The smallest absolute Gasteiger partial charge is 0.244 e. The molecule has 1 aliphatic rings. The third-order valence-corrected chi connectivity index (χ3v) is 6.78. The van der Waals surface area contributed by atoms with Gasteiger partial charge in [-0.05, 0) is 54.7 Å². The predicted octanol–water partition coefficient (Wildman–Crippen LogP) is 7.50. The third kappa shape index (κ3) is 4.45. The van der Waals surface area contributed by atoms with Crippen LogP contribution in [0.1, 0.15) is 51.5 Å². The minimum Gasteiger partial charge on any atom is -0.493 e. The number of hydrogen-bond acceptors (Lipinski definition) is 3. The van der Waals surface area contributed by atoms with Gasteiger partial charge in [0, 0.05) is 34.7 Å². The van der Waals surface area contributed by atoms with E-state index in [9.17, 15) is 4.79 Å². The van der Waals surface area contributed by atoms with Crippen molar-refractivity contribution in [3.63, 3.8) is 0 Å². The minimum atomic E-state index is -0.0339. The van der Waals surface area contributed by atoms with Crippen molar-refractivity contribution in [3.8, 4) is 16.9 Å². The number of rotatable bonds is 6. The number of carbonyl (C=O) groups excluding carboxylic acids is 1. The fraction of sp³-hybridized carbons (Fsp3) is 0.300. The van der Waals surface area contributed by atoms with E-state index >= 15 is 0 Å². The first-order valence-electron chi connectivity index (χ1n) is 12.3. The normalized spacial score (nSPS) is 15.1. The van der Waals surface area contributed by atoms with Crippen molar-refractivity contribution in [3.05, 3.63) is 72.5 Å². The fourth-order valence-electron chi connectivity index (χ4n) is 5.07. The molecule has 1 fully saturated rings. The summed E-state index contributed by atoms with van der Waals surface area (Å²) in [7, 11) is 0. The molecule has 0 bridgehead atoms. The molecule has 1 N–H and O–H groups in total. The van der Waals surface area contributed by atoms with Crippen LogP contribution in [0.2, 0.25) is 0 Å². The van der Waals surface area contributed by atoms with E-state index in [-0.39, 0.29) is 11.9 Å². The van der Waals surface area contributed by atoms with Gasteiger partial charge in [-0.15, -0.1) is 0 Å². The maximum absolute atomic E-state index is 12.8. The Morgan fingerprint density at radius 3 is 2.65 bits per heavy atom. The number of ether oxygens (including phenoxy) is 1. The molecule has 4 aromatic rings. The zero-order chi connectivity index (χ0) is 23.5. The Bertz CT molecular complexity index is 1350. The molecule has 0 radical (unpaired) electrons. The van der Waals surface area contributed by atoms with Crippen molar-refractivity contribution in [2.45, 2.75) is 52.0 Å². The molecule has 1 amide bonds. The van der Waals surface area contributed by atoms with Crippen LogP contribution in [0.25, 0.3) is 38.4 Å². The van der Waals surface area contributed by atoms with Crippen LogP contribution < -0.4 is 10.1 Å². The molecule has 0 saturated heterocycles. The number of carbonyl (C=O) groups is 1. The van der Waals surface area contributed by atoms with Gasteiger partial charge in [-0.2, -0.15) is 0 Å². The third-order valence-electron chi connectivity index (χ3n) is 6.78. The molecule has 0 atom stereocenters. The number of hydrogen-bond donors (Lipinski definition) is 1. The zero-order valence-electron chi connectivity index (χ0n) is 19.9. The lowest BCUT2D eigenvalue weighted by Crippen LogP contribution is -2.35. The molecule has 4 heteroatoms. The van der Waals surface area contributed by atoms with E-state index < -0.39 is 0 Å². The SMILES string of the molecule is CCOc1cc2occ(-c3cccc4ccccc34)c2cc1/C(C)=C/C(=O)NC1CCCCC1. The lowest BCUT2D eigenvalue weighted by atomic mass is 9.95. The van der Waals surface area contributed by atoms with E-state index in [0.717, 1.165) is 51.8 Å². The molecular formula is C30H31NO3. The van der Waals surface area contributed by atoms with Gasteiger partial charge in [-0.1, -0.05) is 61.7 Å². The minimum absolute atomic E-state index is 0.0339. The van der Waals surface area contributed by atoms with E-state index in [4.69, 9.17) is 9.15 Å². The van der Waals surface area contributed by atoms with E-state index in [1.807, 2.05) is 26.2 Å². The van der Waals surface area contributed by atoms with E-state index in [1.54, 1.807) is 6.08 Å².